The van der Waals surface area contributed by atoms with Crippen molar-refractivity contribution in [3.05, 3.63) is 39.4 Å². The van der Waals surface area contributed by atoms with E-state index in [-0.39, 0.29) is 28.0 Å². The van der Waals surface area contributed by atoms with E-state index >= 15 is 0 Å². The van der Waals surface area contributed by atoms with Gasteiger partial charge in [-0.25, -0.2) is 0 Å². The van der Waals surface area contributed by atoms with Gasteiger partial charge in [0.05, 0.1) is 4.92 Å². The summed E-state index contributed by atoms with van der Waals surface area (Å²) in [6.45, 7) is 3.79. The molecule has 0 N–H and O–H groups in total. The molecule has 1 rings (SSSR count). The summed E-state index contributed by atoms with van der Waals surface area (Å²) in [5.41, 5.74) is 2.20. The summed E-state index contributed by atoms with van der Waals surface area (Å²) in [7, 11) is 0. The molecule has 0 aliphatic heterocycles. The summed E-state index contributed by atoms with van der Waals surface area (Å²) in [6.07, 6.45) is 0. The summed E-state index contributed by atoms with van der Waals surface area (Å²) in [5, 5.41) is 10.3. The molecule has 0 heterocycles. The minimum Gasteiger partial charge on any atom is -0.258 e. The number of benzene rings is 1. The van der Waals surface area contributed by atoms with Gasteiger partial charge in [0, 0.05) is 29.5 Å². The van der Waals surface area contributed by atoms with E-state index in [1.165, 1.54) is 6.07 Å². The normalized spacial score (nSPS) is 8.83. The zero-order valence-electron chi connectivity index (χ0n) is 6.90. The number of rotatable bonds is 1. The molecule has 0 unspecified atom stereocenters. The van der Waals surface area contributed by atoms with Gasteiger partial charge in [0.15, 0.2) is 0 Å². The molecule has 12 heavy (non-hydrogen) atoms. The second-order valence-corrected chi connectivity index (χ2v) is 2.53. The topological polar surface area (TPSA) is 43.1 Å². The fraction of sp³-hybridized carbons (Fsp3) is 0.250. The number of aryl methyl sites for hydroxylation is 2. The maximum Gasteiger partial charge on any atom is 0.269 e. The zero-order valence-corrected chi connectivity index (χ0v) is 8.18. The molecule has 0 radical (unpaired) electrons. The molecule has 0 aromatic heterocycles. The molecule has 0 saturated carbocycles. The summed E-state index contributed by atoms with van der Waals surface area (Å²) in [5.74, 6) is 0. The van der Waals surface area contributed by atoms with Gasteiger partial charge in [-0.1, -0.05) is 6.07 Å². The second kappa shape index (κ2) is 4.25. The number of hydrogen-bond acceptors (Lipinski definition) is 2. The molecule has 0 aliphatic rings. The third-order valence-electron chi connectivity index (χ3n) is 1.70. The largest absolute Gasteiger partial charge is 0.269 e. The molecule has 0 atom stereocenters. The van der Waals surface area contributed by atoms with Crippen LogP contribution in [-0.2, 0) is 17.4 Å². The first-order valence-electron chi connectivity index (χ1n) is 3.33. The summed E-state index contributed by atoms with van der Waals surface area (Å²) < 4.78 is 0. The second-order valence-electron chi connectivity index (χ2n) is 2.53. The van der Waals surface area contributed by atoms with Crippen molar-refractivity contribution in [2.24, 2.45) is 0 Å². The molecule has 3 nitrogen and oxygen atoms in total. The van der Waals surface area contributed by atoms with Crippen molar-refractivity contribution in [2.75, 3.05) is 0 Å². The van der Waals surface area contributed by atoms with Crippen LogP contribution in [0.3, 0.4) is 0 Å². The van der Waals surface area contributed by atoms with E-state index in [1.807, 2.05) is 13.8 Å². The van der Waals surface area contributed by atoms with Gasteiger partial charge in [0.25, 0.3) is 5.69 Å². The smallest absolute Gasteiger partial charge is 0.258 e. The Morgan fingerprint density at radius 3 is 2.25 bits per heavy atom. The Hall–Kier alpha value is -0.848. The molecule has 0 spiro atoms. The third-order valence-corrected chi connectivity index (χ3v) is 1.70. The van der Waals surface area contributed by atoms with Gasteiger partial charge in [-0.15, -0.1) is 0 Å². The van der Waals surface area contributed by atoms with Gasteiger partial charge >= 0.3 is 0 Å². The zero-order chi connectivity index (χ0) is 8.43. The molecule has 0 aliphatic carbocycles. The third kappa shape index (κ3) is 2.33. The quantitative estimate of drug-likeness (QED) is 0.518. The van der Waals surface area contributed by atoms with Crippen LogP contribution in [0.4, 0.5) is 5.69 Å². The number of nitrogens with zero attached hydrogens (tertiary/aromatic N) is 1. The van der Waals surface area contributed by atoms with Crippen molar-refractivity contribution in [2.45, 2.75) is 13.8 Å². The Balaban J connectivity index is 0.00000121. The van der Waals surface area contributed by atoms with E-state index < -0.39 is 0 Å². The van der Waals surface area contributed by atoms with Crippen LogP contribution in [0.5, 0.6) is 0 Å². The van der Waals surface area contributed by atoms with Crippen molar-refractivity contribution < 1.29 is 22.3 Å². The van der Waals surface area contributed by atoms with Crippen LogP contribution in [0, 0.1) is 24.0 Å². The van der Waals surface area contributed by atoms with Crippen LogP contribution < -0.4 is 0 Å². The summed E-state index contributed by atoms with van der Waals surface area (Å²) in [4.78, 5) is 9.89. The SMILES string of the molecule is Cc1ccc([N+](=O)[O-])cc1C.[Cr]. The molecular formula is C8H9CrNO2. The van der Waals surface area contributed by atoms with Crippen molar-refractivity contribution in [3.63, 3.8) is 0 Å². The van der Waals surface area contributed by atoms with Crippen LogP contribution in [0.2, 0.25) is 0 Å². The Bertz CT molecular complexity index is 299. The molecule has 4 heteroatoms. The van der Waals surface area contributed by atoms with E-state index in [2.05, 4.69) is 0 Å². The average Bonchev–Trinajstić information content (AvgIpc) is 1.94. The van der Waals surface area contributed by atoms with E-state index in [0.29, 0.717) is 0 Å². The van der Waals surface area contributed by atoms with Gasteiger partial charge in [-0.05, 0) is 25.0 Å². The molecule has 0 fully saturated rings. The van der Waals surface area contributed by atoms with Crippen LogP contribution in [0.1, 0.15) is 11.1 Å². The van der Waals surface area contributed by atoms with Crippen molar-refractivity contribution >= 4 is 5.69 Å². The molecule has 1 aromatic carbocycles. The monoisotopic (exact) mass is 203 g/mol. The Morgan fingerprint density at radius 1 is 1.25 bits per heavy atom. The first-order chi connectivity index (χ1) is 5.11. The molecule has 0 saturated heterocycles. The fourth-order valence-corrected chi connectivity index (χ4v) is 0.839. The number of hydrogen-bond donors (Lipinski definition) is 0. The Labute approximate surface area is 81.7 Å². The van der Waals surface area contributed by atoms with Crippen molar-refractivity contribution in [3.8, 4) is 0 Å². The Kier molecular flexibility index (Phi) is 3.95. The molecule has 0 bridgehead atoms. The standard InChI is InChI=1S/C8H9NO2.Cr/c1-6-3-4-8(9(10)11)5-7(6)2;/h3-5H,1-2H3;. The van der Waals surface area contributed by atoms with Gasteiger partial charge in [0.2, 0.25) is 0 Å². The van der Waals surface area contributed by atoms with E-state index in [0.717, 1.165) is 11.1 Å². The van der Waals surface area contributed by atoms with Crippen LogP contribution >= 0.6 is 0 Å². The maximum absolute atomic E-state index is 10.3. The van der Waals surface area contributed by atoms with E-state index in [1.54, 1.807) is 12.1 Å². The number of nitro benzene ring substituents is 1. The summed E-state index contributed by atoms with van der Waals surface area (Å²) in [6, 6.07) is 4.85. The van der Waals surface area contributed by atoms with Crippen LogP contribution in [-0.4, -0.2) is 4.92 Å². The predicted molar refractivity (Wildman–Crippen MR) is 42.6 cm³/mol. The van der Waals surface area contributed by atoms with Crippen LogP contribution in [0.15, 0.2) is 18.2 Å². The summed E-state index contributed by atoms with van der Waals surface area (Å²) >= 11 is 0. The maximum atomic E-state index is 10.3. The van der Waals surface area contributed by atoms with Gasteiger partial charge in [0.1, 0.15) is 0 Å². The fourth-order valence-electron chi connectivity index (χ4n) is 0.839. The molecular weight excluding hydrogens is 194 g/mol. The minimum absolute atomic E-state index is 0. The predicted octanol–water partition coefficient (Wildman–Crippen LogP) is 2.21. The van der Waals surface area contributed by atoms with Crippen molar-refractivity contribution in [1.82, 2.24) is 0 Å². The van der Waals surface area contributed by atoms with Gasteiger partial charge < -0.3 is 0 Å². The van der Waals surface area contributed by atoms with Crippen LogP contribution in [0.25, 0.3) is 0 Å². The van der Waals surface area contributed by atoms with Gasteiger partial charge in [-0.3, -0.25) is 10.1 Å². The first-order valence-corrected chi connectivity index (χ1v) is 3.33. The van der Waals surface area contributed by atoms with E-state index in [9.17, 15) is 10.1 Å². The molecule has 1 aromatic rings. The van der Waals surface area contributed by atoms with Gasteiger partial charge in [-0.2, -0.15) is 0 Å². The van der Waals surface area contributed by atoms with Crippen molar-refractivity contribution in [1.29, 1.82) is 0 Å². The number of non-ortho nitro benzene ring substituents is 1. The van der Waals surface area contributed by atoms with E-state index in [4.69, 9.17) is 0 Å². The minimum atomic E-state index is -0.382. The molecule has 64 valence electrons. The number of nitro groups is 1. The first kappa shape index (κ1) is 11.2. The molecule has 0 amide bonds. The Morgan fingerprint density at radius 2 is 1.83 bits per heavy atom. The average molecular weight is 203 g/mol.